The Kier molecular flexibility index (Phi) is 2.80. The second-order valence-electron chi connectivity index (χ2n) is 10.4. The van der Waals surface area contributed by atoms with Crippen LogP contribution in [0.4, 0.5) is 4.79 Å². The topological polar surface area (TPSA) is 44.4 Å². The van der Waals surface area contributed by atoms with E-state index in [1.54, 1.807) is 12.6 Å². The third-order valence-corrected chi connectivity index (χ3v) is 10.1. The van der Waals surface area contributed by atoms with Crippen LogP contribution in [0.3, 0.4) is 0 Å². The van der Waals surface area contributed by atoms with Crippen LogP contribution < -0.4 is 10.7 Å². The summed E-state index contributed by atoms with van der Waals surface area (Å²) in [5.74, 6) is 6.92. The lowest BCUT2D eigenvalue weighted by Gasteiger charge is -2.43. The van der Waals surface area contributed by atoms with Crippen LogP contribution in [0.25, 0.3) is 0 Å². The van der Waals surface area contributed by atoms with Crippen molar-refractivity contribution < 1.29 is 4.79 Å². The normalized spacial score (nSPS) is 55.2. The lowest BCUT2D eigenvalue weighted by atomic mass is 9.83. The van der Waals surface area contributed by atoms with Gasteiger partial charge in [-0.25, -0.2) is 10.2 Å². The van der Waals surface area contributed by atoms with E-state index in [4.69, 9.17) is 0 Å². The van der Waals surface area contributed by atoms with Crippen molar-refractivity contribution in [1.29, 1.82) is 0 Å². The van der Waals surface area contributed by atoms with E-state index in [1.165, 1.54) is 51.4 Å². The molecule has 6 aliphatic carbocycles. The second kappa shape index (κ2) is 4.87. The molecule has 0 aromatic carbocycles. The highest BCUT2D eigenvalue weighted by molar-refractivity contribution is 5.75. The van der Waals surface area contributed by atoms with Gasteiger partial charge in [-0.15, -0.1) is 0 Å². The fourth-order valence-electron chi connectivity index (χ4n) is 9.59. The van der Waals surface area contributed by atoms with E-state index in [9.17, 15) is 4.79 Å². The molecule has 6 fully saturated rings. The second-order valence-corrected chi connectivity index (χ2v) is 10.4. The molecule has 4 heteroatoms. The molecule has 0 saturated heterocycles. The van der Waals surface area contributed by atoms with Crippen LogP contribution >= 0.6 is 0 Å². The Labute approximate surface area is 156 Å². The van der Waals surface area contributed by atoms with Gasteiger partial charge in [-0.1, -0.05) is 0 Å². The van der Waals surface area contributed by atoms with E-state index in [0.717, 1.165) is 47.3 Å². The van der Waals surface area contributed by atoms with E-state index < -0.39 is 0 Å². The van der Waals surface area contributed by atoms with Crippen molar-refractivity contribution in [3.63, 3.8) is 0 Å². The van der Waals surface area contributed by atoms with Gasteiger partial charge in [0.15, 0.2) is 0 Å². The van der Waals surface area contributed by atoms with Gasteiger partial charge in [0.25, 0.3) is 0 Å². The molecule has 6 saturated carbocycles. The molecule has 2 amide bonds. The first-order valence-electron chi connectivity index (χ1n) is 11.3. The Morgan fingerprint density at radius 3 is 2.23 bits per heavy atom. The highest BCUT2D eigenvalue weighted by atomic mass is 16.2. The summed E-state index contributed by atoms with van der Waals surface area (Å²) in [4.78, 5) is 12.9. The molecule has 7 aliphatic rings. The van der Waals surface area contributed by atoms with Crippen molar-refractivity contribution in [2.45, 2.75) is 63.5 Å². The Balaban J connectivity index is 1.42. The predicted molar refractivity (Wildman–Crippen MR) is 98.9 cm³/mol. The monoisotopic (exact) mass is 353 g/mol. The maximum Gasteiger partial charge on any atom is 0.332 e. The number of carbonyl (C=O) groups is 1. The van der Waals surface area contributed by atoms with E-state index in [0.29, 0.717) is 12.1 Å². The predicted octanol–water partition coefficient (Wildman–Crippen LogP) is 3.31. The molecule has 140 valence electrons. The van der Waals surface area contributed by atoms with Crippen LogP contribution in [-0.4, -0.2) is 30.2 Å². The standard InChI is InChI=1S/C22H31N3O/c1-23-22(26)25-21-15-9-5-11-3-7-13(17(11)15)19(21)18-12-6-2-10-4-8-14(16(10)12)20(18)24-25/h10-17,20-21,24H,2-9H2,1H3,(H,23,26)/t10-,11+,12+,13-,14-,15-,16-,17+,20-,21+/m0/s1. The van der Waals surface area contributed by atoms with Crippen LogP contribution in [0.1, 0.15) is 51.4 Å². The summed E-state index contributed by atoms with van der Waals surface area (Å²) in [5.41, 5.74) is 7.46. The molecule has 0 aromatic rings. The molecule has 26 heavy (non-hydrogen) atoms. The largest absolute Gasteiger partial charge is 0.340 e. The van der Waals surface area contributed by atoms with Crippen molar-refractivity contribution in [2.24, 2.45) is 47.3 Å². The molecule has 1 heterocycles. The van der Waals surface area contributed by atoms with Crippen molar-refractivity contribution in [3.05, 3.63) is 11.1 Å². The van der Waals surface area contributed by atoms with Crippen LogP contribution in [0, 0.1) is 47.3 Å². The van der Waals surface area contributed by atoms with Gasteiger partial charge < -0.3 is 5.32 Å². The average molecular weight is 354 g/mol. The van der Waals surface area contributed by atoms with Gasteiger partial charge in [0.2, 0.25) is 0 Å². The number of amides is 2. The van der Waals surface area contributed by atoms with Crippen LogP contribution in [0.15, 0.2) is 11.1 Å². The summed E-state index contributed by atoms with van der Waals surface area (Å²) in [5, 5.41) is 5.03. The highest BCUT2D eigenvalue weighted by Gasteiger charge is 2.65. The third-order valence-electron chi connectivity index (χ3n) is 10.1. The lowest BCUT2D eigenvalue weighted by molar-refractivity contribution is 0.0984. The number of carbonyl (C=O) groups excluding carboxylic acids is 1. The van der Waals surface area contributed by atoms with Crippen molar-refractivity contribution in [2.75, 3.05) is 7.05 Å². The number of nitrogens with zero attached hydrogens (tertiary/aromatic N) is 1. The molecule has 0 unspecified atom stereocenters. The minimum Gasteiger partial charge on any atom is -0.340 e. The van der Waals surface area contributed by atoms with Gasteiger partial charge in [-0.3, -0.25) is 5.01 Å². The minimum absolute atomic E-state index is 0.0987. The Morgan fingerprint density at radius 1 is 0.885 bits per heavy atom. The van der Waals surface area contributed by atoms with Crippen LogP contribution in [0.2, 0.25) is 0 Å². The Hall–Kier alpha value is -1.03. The van der Waals surface area contributed by atoms with E-state index in [2.05, 4.69) is 15.8 Å². The first-order valence-corrected chi connectivity index (χ1v) is 11.3. The highest BCUT2D eigenvalue weighted by Crippen LogP contribution is 2.68. The van der Waals surface area contributed by atoms with Crippen molar-refractivity contribution in [1.82, 2.24) is 15.8 Å². The number of hydrogen-bond acceptors (Lipinski definition) is 2. The van der Waals surface area contributed by atoms with Crippen LogP contribution in [0.5, 0.6) is 0 Å². The van der Waals surface area contributed by atoms with Crippen molar-refractivity contribution in [3.8, 4) is 0 Å². The van der Waals surface area contributed by atoms with E-state index in [1.807, 2.05) is 5.57 Å². The number of nitrogens with one attached hydrogen (secondary N) is 2. The summed E-state index contributed by atoms with van der Waals surface area (Å²) >= 11 is 0. The maximum absolute atomic E-state index is 12.9. The maximum atomic E-state index is 12.9. The summed E-state index contributed by atoms with van der Waals surface area (Å²) in [6.07, 6.45) is 11.3. The Bertz CT molecular complexity index is 716. The SMILES string of the molecule is CNC(=O)N1N[C@@H]2C(=C3[C@H]4CC[C@@H]5CC[C@@H]([C@H]54)[C@H]31)[C@@H]1CC[C@H]3CC[C@H]2[C@@H]31. The summed E-state index contributed by atoms with van der Waals surface area (Å²) in [6.45, 7) is 0. The van der Waals surface area contributed by atoms with Gasteiger partial charge in [-0.2, -0.15) is 0 Å². The van der Waals surface area contributed by atoms with E-state index >= 15 is 0 Å². The first kappa shape index (κ1) is 15.0. The zero-order valence-electron chi connectivity index (χ0n) is 15.8. The van der Waals surface area contributed by atoms with Gasteiger partial charge >= 0.3 is 6.03 Å². The number of fused-ring (bicyclic) bond motifs is 6. The number of hydrazine groups is 1. The quantitative estimate of drug-likeness (QED) is 0.656. The molecule has 4 nitrogen and oxygen atoms in total. The molecular formula is C22H31N3O. The fourth-order valence-corrected chi connectivity index (χ4v) is 9.59. The third kappa shape index (κ3) is 1.54. The molecule has 0 aromatic heterocycles. The van der Waals surface area contributed by atoms with E-state index in [-0.39, 0.29) is 6.03 Å². The number of hydrogen-bond donors (Lipinski definition) is 2. The summed E-state index contributed by atoms with van der Waals surface area (Å²) < 4.78 is 0. The zero-order chi connectivity index (χ0) is 17.2. The van der Waals surface area contributed by atoms with Gasteiger partial charge in [0.05, 0.1) is 12.1 Å². The summed E-state index contributed by atoms with van der Waals surface area (Å²) in [6, 6.07) is 0.928. The van der Waals surface area contributed by atoms with Gasteiger partial charge in [-0.05, 0) is 110 Å². The fraction of sp³-hybridized carbons (Fsp3) is 0.864. The molecular weight excluding hydrogens is 322 g/mol. The molecule has 0 spiro atoms. The smallest absolute Gasteiger partial charge is 0.332 e. The van der Waals surface area contributed by atoms with Crippen LogP contribution in [-0.2, 0) is 0 Å². The molecule has 10 atom stereocenters. The number of urea groups is 1. The minimum atomic E-state index is 0.0987. The molecule has 1 aliphatic heterocycles. The first-order chi connectivity index (χ1) is 12.8. The zero-order valence-corrected chi connectivity index (χ0v) is 15.8. The summed E-state index contributed by atoms with van der Waals surface area (Å²) in [7, 11) is 1.80. The van der Waals surface area contributed by atoms with Crippen molar-refractivity contribution >= 4 is 6.03 Å². The molecule has 7 rings (SSSR count). The molecule has 2 N–H and O–H groups in total. The van der Waals surface area contributed by atoms with Gasteiger partial charge in [0.1, 0.15) is 0 Å². The lowest BCUT2D eigenvalue weighted by Crippen LogP contribution is -2.61. The average Bonchev–Trinajstić information content (AvgIpc) is 3.43. The number of rotatable bonds is 0. The molecule has 0 bridgehead atoms. The van der Waals surface area contributed by atoms with Gasteiger partial charge in [0, 0.05) is 7.05 Å². The Morgan fingerprint density at radius 2 is 1.50 bits per heavy atom. The molecule has 0 radical (unpaired) electrons.